The van der Waals surface area contributed by atoms with E-state index < -0.39 is 21.7 Å². The predicted octanol–water partition coefficient (Wildman–Crippen LogP) is 2.46. The fourth-order valence-corrected chi connectivity index (χ4v) is 2.70. The fourth-order valence-electron chi connectivity index (χ4n) is 2.70. The maximum absolute atomic E-state index is 12.3. The molecule has 1 aliphatic heterocycles. The lowest BCUT2D eigenvalue weighted by molar-refractivity contribution is -0.385. The van der Waals surface area contributed by atoms with Crippen LogP contribution in [0.3, 0.4) is 0 Å². The lowest BCUT2D eigenvalue weighted by atomic mass is 10.1. The third-order valence-corrected chi connectivity index (χ3v) is 4.10. The molecule has 3 rings (SSSR count). The van der Waals surface area contributed by atoms with E-state index in [1.165, 1.54) is 53.4 Å². The van der Waals surface area contributed by atoms with Crippen LogP contribution in [0.4, 0.5) is 17.1 Å². The second-order valence-corrected chi connectivity index (χ2v) is 5.85. The molecule has 1 amide bonds. The Kier molecular flexibility index (Phi) is 4.79. The summed E-state index contributed by atoms with van der Waals surface area (Å²) in [5.74, 6) is -1.48. The Morgan fingerprint density at radius 3 is 2.00 bits per heavy atom. The SMILES string of the molecule is O=C(Oc1ccc([N+](=O)[O-])cc1)[C@H]1CC(=O)N(c2ccc([N+](=O)[O-])cc2)C1. The van der Waals surface area contributed by atoms with Crippen molar-refractivity contribution in [3.8, 4) is 5.75 Å². The van der Waals surface area contributed by atoms with Crippen molar-refractivity contribution in [1.82, 2.24) is 0 Å². The smallest absolute Gasteiger partial charge is 0.316 e. The van der Waals surface area contributed by atoms with E-state index in [0.29, 0.717) is 5.69 Å². The summed E-state index contributed by atoms with van der Waals surface area (Å²) in [4.78, 5) is 46.0. The first-order valence-corrected chi connectivity index (χ1v) is 7.86. The van der Waals surface area contributed by atoms with Gasteiger partial charge in [-0.3, -0.25) is 29.8 Å². The van der Waals surface area contributed by atoms with E-state index in [9.17, 15) is 29.8 Å². The first-order valence-electron chi connectivity index (χ1n) is 7.86. The highest BCUT2D eigenvalue weighted by Gasteiger charge is 2.36. The molecule has 138 valence electrons. The molecule has 0 aromatic heterocycles. The maximum Gasteiger partial charge on any atom is 0.316 e. The van der Waals surface area contributed by atoms with Gasteiger partial charge in [0, 0.05) is 42.9 Å². The number of nitro benzene ring substituents is 2. The maximum atomic E-state index is 12.3. The third kappa shape index (κ3) is 3.89. The standard InChI is InChI=1S/C17H13N3O7/c21-16-9-11(10-18(16)12-1-3-13(4-2-12)19(23)24)17(22)27-15-7-5-14(6-8-15)20(25)26/h1-8,11H,9-10H2/t11-/m0/s1. The number of rotatable bonds is 5. The van der Waals surface area contributed by atoms with Gasteiger partial charge >= 0.3 is 5.97 Å². The number of non-ortho nitro benzene ring substituents is 2. The zero-order chi connectivity index (χ0) is 19.6. The summed E-state index contributed by atoms with van der Waals surface area (Å²) < 4.78 is 5.19. The second kappa shape index (κ2) is 7.20. The van der Waals surface area contributed by atoms with Crippen LogP contribution >= 0.6 is 0 Å². The Hall–Kier alpha value is -3.82. The number of esters is 1. The van der Waals surface area contributed by atoms with Crippen LogP contribution in [0.15, 0.2) is 48.5 Å². The van der Waals surface area contributed by atoms with Crippen molar-refractivity contribution >= 4 is 28.9 Å². The minimum Gasteiger partial charge on any atom is -0.426 e. The van der Waals surface area contributed by atoms with Gasteiger partial charge in [0.1, 0.15) is 5.75 Å². The number of anilines is 1. The van der Waals surface area contributed by atoms with Gasteiger partial charge in [-0.25, -0.2) is 0 Å². The third-order valence-electron chi connectivity index (χ3n) is 4.10. The second-order valence-electron chi connectivity index (χ2n) is 5.85. The van der Waals surface area contributed by atoms with Crippen molar-refractivity contribution in [2.24, 2.45) is 5.92 Å². The van der Waals surface area contributed by atoms with Crippen molar-refractivity contribution < 1.29 is 24.2 Å². The molecule has 0 N–H and O–H groups in total. The van der Waals surface area contributed by atoms with Crippen molar-refractivity contribution in [3.05, 3.63) is 68.8 Å². The van der Waals surface area contributed by atoms with Gasteiger partial charge in [0.25, 0.3) is 11.4 Å². The summed E-state index contributed by atoms with van der Waals surface area (Å²) in [6, 6.07) is 10.5. The molecule has 0 radical (unpaired) electrons. The van der Waals surface area contributed by atoms with E-state index >= 15 is 0 Å². The molecule has 1 saturated heterocycles. The molecule has 27 heavy (non-hydrogen) atoms. The predicted molar refractivity (Wildman–Crippen MR) is 92.3 cm³/mol. The fraction of sp³-hybridized carbons (Fsp3) is 0.176. The van der Waals surface area contributed by atoms with Gasteiger partial charge in [0.05, 0.1) is 15.8 Å². The molecule has 1 atom stereocenters. The van der Waals surface area contributed by atoms with Gasteiger partial charge in [-0.2, -0.15) is 0 Å². The Balaban J connectivity index is 1.66. The molecule has 2 aromatic rings. The van der Waals surface area contributed by atoms with Gasteiger partial charge in [-0.1, -0.05) is 0 Å². The number of ether oxygens (including phenoxy) is 1. The van der Waals surface area contributed by atoms with Crippen LogP contribution in [0, 0.1) is 26.1 Å². The van der Waals surface area contributed by atoms with Crippen molar-refractivity contribution in [2.75, 3.05) is 11.4 Å². The lowest BCUT2D eigenvalue weighted by Crippen LogP contribution is -2.27. The lowest BCUT2D eigenvalue weighted by Gasteiger charge is -2.16. The minimum atomic E-state index is -0.706. The van der Waals surface area contributed by atoms with Crippen molar-refractivity contribution in [1.29, 1.82) is 0 Å². The minimum absolute atomic E-state index is 0.0528. The van der Waals surface area contributed by atoms with Crippen LogP contribution in [-0.4, -0.2) is 28.3 Å². The summed E-state index contributed by atoms with van der Waals surface area (Å²) in [7, 11) is 0. The molecule has 1 aliphatic rings. The molecule has 1 heterocycles. The number of amides is 1. The van der Waals surface area contributed by atoms with Crippen molar-refractivity contribution in [2.45, 2.75) is 6.42 Å². The first kappa shape index (κ1) is 18.0. The monoisotopic (exact) mass is 371 g/mol. The quantitative estimate of drug-likeness (QED) is 0.341. The topological polar surface area (TPSA) is 133 Å². The van der Waals surface area contributed by atoms with Gasteiger partial charge < -0.3 is 9.64 Å². The highest BCUT2D eigenvalue weighted by Crippen LogP contribution is 2.28. The van der Waals surface area contributed by atoms with Crippen LogP contribution in [-0.2, 0) is 9.59 Å². The largest absolute Gasteiger partial charge is 0.426 e. The highest BCUT2D eigenvalue weighted by atomic mass is 16.6. The van der Waals surface area contributed by atoms with Crippen LogP contribution in [0.1, 0.15) is 6.42 Å². The molecule has 0 unspecified atom stereocenters. The van der Waals surface area contributed by atoms with Gasteiger partial charge in [-0.15, -0.1) is 0 Å². The molecule has 2 aromatic carbocycles. The van der Waals surface area contributed by atoms with Crippen LogP contribution in [0.2, 0.25) is 0 Å². The number of benzene rings is 2. The summed E-state index contributed by atoms with van der Waals surface area (Å²) in [6.07, 6.45) is -0.0528. The molecule has 0 bridgehead atoms. The molecular weight excluding hydrogens is 358 g/mol. The highest BCUT2D eigenvalue weighted by molar-refractivity contribution is 5.99. The molecule has 10 nitrogen and oxygen atoms in total. The number of hydrogen-bond acceptors (Lipinski definition) is 7. The van der Waals surface area contributed by atoms with E-state index in [2.05, 4.69) is 0 Å². The van der Waals surface area contributed by atoms with Crippen LogP contribution in [0.5, 0.6) is 5.75 Å². The molecule has 10 heteroatoms. The van der Waals surface area contributed by atoms with Crippen LogP contribution < -0.4 is 9.64 Å². The molecule has 1 fully saturated rings. The van der Waals surface area contributed by atoms with Gasteiger partial charge in [0.15, 0.2) is 0 Å². The molecule has 0 spiro atoms. The summed E-state index contributed by atoms with van der Waals surface area (Å²) in [6.45, 7) is 0.0858. The molecule has 0 aliphatic carbocycles. The Morgan fingerprint density at radius 1 is 0.963 bits per heavy atom. The number of nitrogens with zero attached hydrogens (tertiary/aromatic N) is 3. The van der Waals surface area contributed by atoms with Crippen molar-refractivity contribution in [3.63, 3.8) is 0 Å². The average Bonchev–Trinajstić information content (AvgIpc) is 3.04. The summed E-state index contributed by atoms with van der Waals surface area (Å²) >= 11 is 0. The molecule has 0 saturated carbocycles. The zero-order valence-electron chi connectivity index (χ0n) is 13.8. The van der Waals surface area contributed by atoms with Gasteiger partial charge in [-0.05, 0) is 24.3 Å². The summed E-state index contributed by atoms with van der Waals surface area (Å²) in [5, 5.41) is 21.3. The average molecular weight is 371 g/mol. The number of nitro groups is 2. The number of carbonyl (C=O) groups is 2. The summed E-state index contributed by atoms with van der Waals surface area (Å²) in [5.41, 5.74) is 0.228. The first-order chi connectivity index (χ1) is 12.8. The number of hydrogen-bond donors (Lipinski definition) is 0. The van der Waals surface area contributed by atoms with E-state index in [0.717, 1.165) is 0 Å². The molecular formula is C17H13N3O7. The Bertz CT molecular complexity index is 909. The van der Waals surface area contributed by atoms with Gasteiger partial charge in [0.2, 0.25) is 5.91 Å². The van der Waals surface area contributed by atoms with Crippen LogP contribution in [0.25, 0.3) is 0 Å². The van der Waals surface area contributed by atoms with E-state index in [4.69, 9.17) is 4.74 Å². The Morgan fingerprint density at radius 2 is 1.48 bits per heavy atom. The Labute approximate surface area is 152 Å². The number of carbonyl (C=O) groups excluding carboxylic acids is 2. The van der Waals surface area contributed by atoms with E-state index in [-0.39, 0.29) is 36.0 Å². The zero-order valence-corrected chi connectivity index (χ0v) is 13.8. The normalized spacial score (nSPS) is 16.2. The van der Waals surface area contributed by atoms with E-state index in [1.54, 1.807) is 0 Å². The van der Waals surface area contributed by atoms with E-state index in [1.807, 2.05) is 0 Å².